The highest BCUT2D eigenvalue weighted by Gasteiger charge is 2.15. The molecule has 0 unspecified atom stereocenters. The molecule has 0 saturated carbocycles. The molecule has 0 aromatic heterocycles. The maximum atomic E-state index is 5.89. The fraction of sp³-hybridized carbons (Fsp3) is 0.571. The van der Waals surface area contributed by atoms with Crippen LogP contribution < -0.4 is 5.73 Å². The Labute approximate surface area is 111 Å². The molecular formula is C14H23ClN2. The summed E-state index contributed by atoms with van der Waals surface area (Å²) in [7, 11) is 0. The molecule has 1 aromatic carbocycles. The van der Waals surface area contributed by atoms with E-state index in [9.17, 15) is 0 Å². The summed E-state index contributed by atoms with van der Waals surface area (Å²) in [5, 5.41) is 0. The summed E-state index contributed by atoms with van der Waals surface area (Å²) < 4.78 is 0. The molecule has 2 nitrogen and oxygen atoms in total. The van der Waals surface area contributed by atoms with Crippen molar-refractivity contribution in [3.63, 3.8) is 0 Å². The first kappa shape index (κ1) is 14.5. The van der Waals surface area contributed by atoms with Crippen LogP contribution >= 0.6 is 12.4 Å². The number of halogens is 1. The third-order valence-electron chi connectivity index (χ3n) is 3.47. The summed E-state index contributed by atoms with van der Waals surface area (Å²) in [6.07, 6.45) is 3.48. The van der Waals surface area contributed by atoms with Crippen molar-refractivity contribution < 1.29 is 0 Å². The second-order valence-corrected chi connectivity index (χ2v) is 4.91. The number of nitrogens with zero attached hydrogens (tertiary/aromatic N) is 1. The van der Waals surface area contributed by atoms with E-state index >= 15 is 0 Å². The van der Waals surface area contributed by atoms with Crippen molar-refractivity contribution >= 4 is 12.4 Å². The molecule has 2 rings (SSSR count). The van der Waals surface area contributed by atoms with Crippen molar-refractivity contribution in [2.45, 2.75) is 32.2 Å². The van der Waals surface area contributed by atoms with Gasteiger partial charge in [0.1, 0.15) is 0 Å². The maximum Gasteiger partial charge on any atom is 0.00631 e. The lowest BCUT2D eigenvalue weighted by Gasteiger charge is -2.29. The first-order valence-electron chi connectivity index (χ1n) is 6.27. The van der Waals surface area contributed by atoms with Crippen LogP contribution in [0.5, 0.6) is 0 Å². The van der Waals surface area contributed by atoms with Gasteiger partial charge in [-0.2, -0.15) is 0 Å². The van der Waals surface area contributed by atoms with Crippen molar-refractivity contribution in [3.8, 4) is 0 Å². The Hall–Kier alpha value is -0.570. The molecule has 2 N–H and O–H groups in total. The van der Waals surface area contributed by atoms with Gasteiger partial charge >= 0.3 is 0 Å². The minimum Gasteiger partial charge on any atom is -0.328 e. The number of aryl methyl sites for hydroxylation is 1. The van der Waals surface area contributed by atoms with Crippen LogP contribution in [-0.4, -0.2) is 30.6 Å². The smallest absolute Gasteiger partial charge is 0.00631 e. The van der Waals surface area contributed by atoms with Crippen LogP contribution in [0.2, 0.25) is 0 Å². The molecule has 3 heteroatoms. The Morgan fingerprint density at radius 2 is 1.76 bits per heavy atom. The van der Waals surface area contributed by atoms with Crippen LogP contribution in [-0.2, 0) is 6.42 Å². The minimum atomic E-state index is 0. The summed E-state index contributed by atoms with van der Waals surface area (Å²) in [5.41, 5.74) is 8.68. The summed E-state index contributed by atoms with van der Waals surface area (Å²) in [6, 6.07) is 9.31. The lowest BCUT2D eigenvalue weighted by molar-refractivity contribution is 0.215. The Balaban J connectivity index is 0.00000144. The number of nitrogens with two attached hydrogens (primary N) is 1. The molecule has 1 aliphatic heterocycles. The molecule has 1 aromatic rings. The van der Waals surface area contributed by atoms with Crippen molar-refractivity contribution in [1.82, 2.24) is 4.90 Å². The first-order chi connectivity index (χ1) is 7.74. The zero-order valence-electron chi connectivity index (χ0n) is 10.6. The van der Waals surface area contributed by atoms with E-state index in [1.807, 2.05) is 0 Å². The van der Waals surface area contributed by atoms with Gasteiger partial charge in [-0.1, -0.05) is 29.8 Å². The topological polar surface area (TPSA) is 29.3 Å². The van der Waals surface area contributed by atoms with E-state index in [-0.39, 0.29) is 12.4 Å². The molecule has 0 amide bonds. The third-order valence-corrected chi connectivity index (χ3v) is 3.47. The lowest BCUT2D eigenvalue weighted by Crippen LogP contribution is -2.40. The Kier molecular flexibility index (Phi) is 5.96. The summed E-state index contributed by atoms with van der Waals surface area (Å²) in [5.74, 6) is 0. The van der Waals surface area contributed by atoms with Gasteiger partial charge in [-0.25, -0.2) is 0 Å². The largest absolute Gasteiger partial charge is 0.328 e. The molecule has 1 aliphatic rings. The van der Waals surface area contributed by atoms with Crippen LogP contribution in [0, 0.1) is 6.92 Å². The number of benzene rings is 1. The van der Waals surface area contributed by atoms with Crippen LogP contribution in [0.4, 0.5) is 0 Å². The molecule has 96 valence electrons. The highest BCUT2D eigenvalue weighted by molar-refractivity contribution is 5.85. The minimum absolute atomic E-state index is 0. The Bertz CT molecular complexity index is 315. The van der Waals surface area contributed by atoms with E-state index in [0.29, 0.717) is 6.04 Å². The zero-order valence-corrected chi connectivity index (χ0v) is 11.4. The molecule has 17 heavy (non-hydrogen) atoms. The zero-order chi connectivity index (χ0) is 11.4. The third kappa shape index (κ3) is 4.66. The van der Waals surface area contributed by atoms with Crippen LogP contribution in [0.15, 0.2) is 24.3 Å². The molecule has 0 radical (unpaired) electrons. The van der Waals surface area contributed by atoms with Gasteiger partial charge in [0.2, 0.25) is 0 Å². The van der Waals surface area contributed by atoms with Gasteiger partial charge in [0.25, 0.3) is 0 Å². The molecule has 1 saturated heterocycles. The molecule has 0 aliphatic carbocycles. The number of hydrogen-bond acceptors (Lipinski definition) is 2. The maximum absolute atomic E-state index is 5.89. The van der Waals surface area contributed by atoms with Gasteiger partial charge in [-0.3, -0.25) is 0 Å². The number of likely N-dealkylation sites (tertiary alicyclic amines) is 1. The van der Waals surface area contributed by atoms with Gasteiger partial charge in [0.15, 0.2) is 0 Å². The standard InChI is InChI=1S/C14H22N2.ClH/c1-12-2-4-13(5-3-12)6-9-16-10-7-14(15)8-11-16;/h2-5,14H,6-11,15H2,1H3;1H. The Morgan fingerprint density at radius 1 is 1.18 bits per heavy atom. The summed E-state index contributed by atoms with van der Waals surface area (Å²) in [6.45, 7) is 5.66. The summed E-state index contributed by atoms with van der Waals surface area (Å²) >= 11 is 0. The highest BCUT2D eigenvalue weighted by atomic mass is 35.5. The number of piperidine rings is 1. The van der Waals surface area contributed by atoms with Crippen LogP contribution in [0.1, 0.15) is 24.0 Å². The molecule has 0 spiro atoms. The van der Waals surface area contributed by atoms with Crippen LogP contribution in [0.25, 0.3) is 0 Å². The first-order valence-corrected chi connectivity index (χ1v) is 6.27. The van der Waals surface area contributed by atoms with E-state index < -0.39 is 0 Å². The number of hydrogen-bond donors (Lipinski definition) is 1. The lowest BCUT2D eigenvalue weighted by atomic mass is 10.0. The van der Waals surface area contributed by atoms with E-state index in [1.54, 1.807) is 0 Å². The predicted octanol–water partition coefficient (Wildman–Crippen LogP) is 2.38. The number of rotatable bonds is 3. The average Bonchev–Trinajstić information content (AvgIpc) is 2.30. The van der Waals surface area contributed by atoms with Crippen molar-refractivity contribution in [3.05, 3.63) is 35.4 Å². The quantitative estimate of drug-likeness (QED) is 0.898. The average molecular weight is 255 g/mol. The fourth-order valence-corrected chi connectivity index (χ4v) is 2.22. The molecule has 1 heterocycles. The second-order valence-electron chi connectivity index (χ2n) is 4.91. The van der Waals surface area contributed by atoms with Gasteiger partial charge in [-0.15, -0.1) is 12.4 Å². The fourth-order valence-electron chi connectivity index (χ4n) is 2.22. The van der Waals surface area contributed by atoms with Crippen molar-refractivity contribution in [1.29, 1.82) is 0 Å². The van der Waals surface area contributed by atoms with E-state index in [1.165, 1.54) is 30.8 Å². The van der Waals surface area contributed by atoms with Gasteiger partial charge in [-0.05, 0) is 44.8 Å². The molecular weight excluding hydrogens is 232 g/mol. The van der Waals surface area contributed by atoms with Gasteiger partial charge in [0.05, 0.1) is 0 Å². The predicted molar refractivity (Wildman–Crippen MR) is 75.8 cm³/mol. The van der Waals surface area contributed by atoms with E-state index in [2.05, 4.69) is 36.1 Å². The van der Waals surface area contributed by atoms with E-state index in [4.69, 9.17) is 5.73 Å². The summed E-state index contributed by atoms with van der Waals surface area (Å²) in [4.78, 5) is 2.53. The molecule has 0 atom stereocenters. The normalized spacial score (nSPS) is 17.8. The van der Waals surface area contributed by atoms with Crippen molar-refractivity contribution in [2.24, 2.45) is 5.73 Å². The SMILES string of the molecule is Cc1ccc(CCN2CCC(N)CC2)cc1.Cl. The second kappa shape index (κ2) is 7.00. The van der Waals surface area contributed by atoms with E-state index in [0.717, 1.165) is 19.3 Å². The van der Waals surface area contributed by atoms with Gasteiger partial charge < -0.3 is 10.6 Å². The monoisotopic (exact) mass is 254 g/mol. The molecule has 0 bridgehead atoms. The Morgan fingerprint density at radius 3 is 2.35 bits per heavy atom. The van der Waals surface area contributed by atoms with Crippen LogP contribution in [0.3, 0.4) is 0 Å². The molecule has 1 fully saturated rings. The van der Waals surface area contributed by atoms with Crippen molar-refractivity contribution in [2.75, 3.05) is 19.6 Å². The highest BCUT2D eigenvalue weighted by Crippen LogP contribution is 2.10. The van der Waals surface area contributed by atoms with Gasteiger partial charge in [0, 0.05) is 12.6 Å².